The number of rotatable bonds is 2. The minimum Gasteiger partial charge on any atom is -0.334 e. The number of amides is 1. The number of aryl methyl sites for hydroxylation is 1. The topological polar surface area (TPSA) is 20.3 Å². The highest BCUT2D eigenvalue weighted by molar-refractivity contribution is 9.09. The maximum Gasteiger partial charge on any atom is 0.233 e. The van der Waals surface area contributed by atoms with Crippen molar-refractivity contribution in [3.8, 4) is 0 Å². The van der Waals surface area contributed by atoms with Gasteiger partial charge in [-0.25, -0.2) is 0 Å². The monoisotopic (exact) mass is 313 g/mol. The van der Waals surface area contributed by atoms with Crippen LogP contribution in [0.3, 0.4) is 0 Å². The first-order chi connectivity index (χ1) is 8.29. The van der Waals surface area contributed by atoms with Gasteiger partial charge >= 0.3 is 0 Å². The summed E-state index contributed by atoms with van der Waals surface area (Å²) in [6.45, 7) is 0.832. The number of carbonyl (C=O) groups excluding carboxylic acids is 1. The molecule has 4 heteroatoms. The van der Waals surface area contributed by atoms with Crippen LogP contribution in [0.2, 0.25) is 0 Å². The Hall–Kier alpha value is -0.350. The first kappa shape index (κ1) is 11.7. The van der Waals surface area contributed by atoms with Crippen LogP contribution in [-0.2, 0) is 17.8 Å². The molecule has 0 radical (unpaired) electrons. The van der Waals surface area contributed by atoms with Gasteiger partial charge in [0, 0.05) is 10.9 Å². The van der Waals surface area contributed by atoms with Gasteiger partial charge in [-0.2, -0.15) is 0 Å². The summed E-state index contributed by atoms with van der Waals surface area (Å²) >= 11 is 5.11. The first-order valence-electron chi connectivity index (χ1n) is 6.20. The predicted molar refractivity (Wildman–Crippen MR) is 73.5 cm³/mol. The number of alkyl halides is 1. The molecule has 0 bridgehead atoms. The number of halogens is 1. The first-order valence-corrected chi connectivity index (χ1v) is 8.20. The fourth-order valence-corrected chi connectivity index (χ4v) is 4.03. The van der Waals surface area contributed by atoms with Gasteiger partial charge in [-0.1, -0.05) is 15.9 Å². The van der Waals surface area contributed by atoms with E-state index in [0.717, 1.165) is 25.3 Å². The van der Waals surface area contributed by atoms with E-state index in [9.17, 15) is 4.79 Å². The minimum atomic E-state index is 0.253. The summed E-state index contributed by atoms with van der Waals surface area (Å²) in [5, 5.41) is 2.61. The number of nitrogens with zero attached hydrogens (tertiary/aromatic N) is 1. The number of fused-ring (bicyclic) bond motifs is 1. The van der Waals surface area contributed by atoms with Gasteiger partial charge in [-0.05, 0) is 48.6 Å². The Kier molecular flexibility index (Phi) is 3.26. The van der Waals surface area contributed by atoms with Gasteiger partial charge in [0.1, 0.15) is 0 Å². The molecule has 1 aromatic heterocycles. The molecular formula is C13H16BrNOS. The van der Waals surface area contributed by atoms with Crippen molar-refractivity contribution in [3.63, 3.8) is 0 Å². The van der Waals surface area contributed by atoms with E-state index in [2.05, 4.69) is 32.3 Å². The summed E-state index contributed by atoms with van der Waals surface area (Å²) in [7, 11) is 0. The van der Waals surface area contributed by atoms with Gasteiger partial charge in [0.15, 0.2) is 0 Å². The van der Waals surface area contributed by atoms with E-state index in [1.807, 2.05) is 0 Å². The SMILES string of the molecule is O=C(CBr)N1Cc2sccc2CC[C@H]1C1CC1. The smallest absolute Gasteiger partial charge is 0.233 e. The molecule has 0 aromatic carbocycles. The van der Waals surface area contributed by atoms with Crippen LogP contribution in [0.5, 0.6) is 0 Å². The molecule has 0 unspecified atom stereocenters. The summed E-state index contributed by atoms with van der Waals surface area (Å²) in [5.41, 5.74) is 1.46. The maximum absolute atomic E-state index is 12.1. The molecule has 0 N–H and O–H groups in total. The Bertz CT molecular complexity index is 427. The van der Waals surface area contributed by atoms with E-state index in [1.54, 1.807) is 11.3 Å². The molecule has 2 nitrogen and oxygen atoms in total. The Morgan fingerprint density at radius 1 is 1.47 bits per heavy atom. The fourth-order valence-electron chi connectivity index (χ4n) is 2.78. The molecule has 1 amide bonds. The zero-order valence-corrected chi connectivity index (χ0v) is 12.1. The van der Waals surface area contributed by atoms with E-state index in [1.165, 1.54) is 23.3 Å². The number of hydrogen-bond donors (Lipinski definition) is 0. The molecule has 2 heterocycles. The van der Waals surface area contributed by atoms with Crippen molar-refractivity contribution in [2.75, 3.05) is 5.33 Å². The lowest BCUT2D eigenvalue weighted by atomic mass is 10.0. The quantitative estimate of drug-likeness (QED) is 0.768. The second-order valence-corrected chi connectivity index (χ2v) is 6.53. The molecule has 1 atom stereocenters. The molecule has 2 aliphatic rings. The largest absolute Gasteiger partial charge is 0.334 e. The average Bonchev–Trinajstić information content (AvgIpc) is 3.11. The lowest BCUT2D eigenvalue weighted by molar-refractivity contribution is -0.131. The normalized spacial score (nSPS) is 24.3. The van der Waals surface area contributed by atoms with Crippen molar-refractivity contribution in [2.24, 2.45) is 5.92 Å². The van der Waals surface area contributed by atoms with Crippen LogP contribution in [0.25, 0.3) is 0 Å². The van der Waals surface area contributed by atoms with E-state index in [4.69, 9.17) is 0 Å². The summed E-state index contributed by atoms with van der Waals surface area (Å²) < 4.78 is 0. The van der Waals surface area contributed by atoms with Crippen molar-refractivity contribution in [2.45, 2.75) is 38.3 Å². The van der Waals surface area contributed by atoms with Crippen LogP contribution < -0.4 is 0 Å². The lowest BCUT2D eigenvalue weighted by Crippen LogP contribution is -2.41. The van der Waals surface area contributed by atoms with Crippen molar-refractivity contribution >= 4 is 33.2 Å². The summed E-state index contributed by atoms with van der Waals surface area (Å²) in [6, 6.07) is 2.71. The van der Waals surface area contributed by atoms with Crippen LogP contribution in [0, 0.1) is 5.92 Å². The van der Waals surface area contributed by atoms with Gasteiger partial charge in [0.05, 0.1) is 11.9 Å². The highest BCUT2D eigenvalue weighted by atomic mass is 79.9. The fraction of sp³-hybridized carbons (Fsp3) is 0.615. The standard InChI is InChI=1S/C13H16BrNOS/c14-7-13(16)15-8-12-10(5-6-17-12)3-4-11(15)9-1-2-9/h5-6,9,11H,1-4,7-8H2/t11-/m0/s1. The van der Waals surface area contributed by atoms with Gasteiger partial charge < -0.3 is 4.90 Å². The third-order valence-corrected chi connectivity index (χ3v) is 5.29. The third kappa shape index (κ3) is 2.29. The van der Waals surface area contributed by atoms with Crippen molar-refractivity contribution < 1.29 is 4.79 Å². The number of hydrogen-bond acceptors (Lipinski definition) is 2. The lowest BCUT2D eigenvalue weighted by Gasteiger charge is -2.29. The molecule has 1 fully saturated rings. The molecule has 1 aliphatic carbocycles. The molecular weight excluding hydrogens is 298 g/mol. The highest BCUT2D eigenvalue weighted by Crippen LogP contribution is 2.40. The Morgan fingerprint density at radius 3 is 3.00 bits per heavy atom. The maximum atomic E-state index is 12.1. The van der Waals surface area contributed by atoms with Crippen molar-refractivity contribution in [3.05, 3.63) is 21.9 Å². The number of carbonyl (C=O) groups is 1. The average molecular weight is 314 g/mol. The van der Waals surface area contributed by atoms with Gasteiger partial charge in [0.2, 0.25) is 5.91 Å². The second-order valence-electron chi connectivity index (χ2n) is 4.97. The predicted octanol–water partition coefficient (Wildman–Crippen LogP) is 3.20. The van der Waals surface area contributed by atoms with Crippen molar-refractivity contribution in [1.29, 1.82) is 0 Å². The molecule has 3 rings (SSSR count). The molecule has 92 valence electrons. The van der Waals surface area contributed by atoms with E-state index >= 15 is 0 Å². The molecule has 0 spiro atoms. The number of thiophene rings is 1. The zero-order valence-electron chi connectivity index (χ0n) is 9.69. The van der Waals surface area contributed by atoms with Crippen LogP contribution in [-0.4, -0.2) is 22.2 Å². The zero-order chi connectivity index (χ0) is 11.8. The Morgan fingerprint density at radius 2 is 2.29 bits per heavy atom. The van der Waals surface area contributed by atoms with Gasteiger partial charge in [0.25, 0.3) is 0 Å². The minimum absolute atomic E-state index is 0.253. The summed E-state index contributed by atoms with van der Waals surface area (Å²) in [5.74, 6) is 1.02. The van der Waals surface area contributed by atoms with E-state index < -0.39 is 0 Å². The molecule has 1 saturated carbocycles. The second kappa shape index (κ2) is 4.73. The third-order valence-electron chi connectivity index (χ3n) is 3.86. The van der Waals surface area contributed by atoms with E-state index in [0.29, 0.717) is 11.4 Å². The van der Waals surface area contributed by atoms with E-state index in [-0.39, 0.29) is 5.91 Å². The van der Waals surface area contributed by atoms with Crippen LogP contribution in [0.4, 0.5) is 0 Å². The molecule has 1 aromatic rings. The van der Waals surface area contributed by atoms with Gasteiger partial charge in [-0.3, -0.25) is 4.79 Å². The Balaban J connectivity index is 1.87. The van der Waals surface area contributed by atoms with Crippen LogP contribution in [0.1, 0.15) is 29.7 Å². The van der Waals surface area contributed by atoms with Crippen LogP contribution in [0.15, 0.2) is 11.4 Å². The Labute approximate surface area is 114 Å². The summed E-state index contributed by atoms with van der Waals surface area (Å²) in [4.78, 5) is 15.6. The summed E-state index contributed by atoms with van der Waals surface area (Å²) in [6.07, 6.45) is 4.91. The highest BCUT2D eigenvalue weighted by Gasteiger charge is 2.38. The van der Waals surface area contributed by atoms with Crippen molar-refractivity contribution in [1.82, 2.24) is 4.90 Å². The molecule has 17 heavy (non-hydrogen) atoms. The van der Waals surface area contributed by atoms with Crippen LogP contribution >= 0.6 is 27.3 Å². The molecule has 1 aliphatic heterocycles. The van der Waals surface area contributed by atoms with Gasteiger partial charge in [-0.15, -0.1) is 11.3 Å². The molecule has 0 saturated heterocycles.